The van der Waals surface area contributed by atoms with E-state index in [0.717, 1.165) is 25.7 Å². The highest BCUT2D eigenvalue weighted by molar-refractivity contribution is 5.69. The first-order chi connectivity index (χ1) is 21.7. The van der Waals surface area contributed by atoms with E-state index in [2.05, 4.69) is 13.8 Å². The Labute approximate surface area is 277 Å². The molecule has 0 rings (SSSR count). The zero-order chi connectivity index (χ0) is 33.5. The molecule has 0 aromatic carbocycles. The summed E-state index contributed by atoms with van der Waals surface area (Å²) in [7, 11) is 0. The number of unbranched alkanes of at least 4 members (excludes halogenated alkanes) is 14. The van der Waals surface area contributed by atoms with Crippen LogP contribution in [0.2, 0.25) is 0 Å². The van der Waals surface area contributed by atoms with Crippen molar-refractivity contribution in [3.63, 3.8) is 0 Å². The highest BCUT2D eigenvalue weighted by Gasteiger charge is 2.15. The predicted octanol–water partition coefficient (Wildman–Crippen LogP) is 9.14. The molecule has 0 saturated heterocycles. The maximum atomic E-state index is 12.1. The summed E-state index contributed by atoms with van der Waals surface area (Å²) in [6, 6.07) is 0. The minimum absolute atomic E-state index is 0.102. The van der Waals surface area contributed by atoms with Gasteiger partial charge < -0.3 is 28.4 Å². The van der Waals surface area contributed by atoms with Crippen LogP contribution in [0.25, 0.3) is 0 Å². The van der Waals surface area contributed by atoms with Crippen LogP contribution in [-0.4, -0.2) is 75.5 Å². The van der Waals surface area contributed by atoms with Gasteiger partial charge in [0.25, 0.3) is 0 Å². The number of carbonyl (C=O) groups is 2. The van der Waals surface area contributed by atoms with Crippen LogP contribution in [0.15, 0.2) is 0 Å². The number of carbonyl (C=O) groups excluding carboxylic acids is 2. The van der Waals surface area contributed by atoms with Gasteiger partial charge >= 0.3 is 11.9 Å². The van der Waals surface area contributed by atoms with Crippen LogP contribution in [0, 0.1) is 0 Å². The van der Waals surface area contributed by atoms with Gasteiger partial charge in [-0.05, 0) is 47.5 Å². The van der Waals surface area contributed by atoms with E-state index in [0.29, 0.717) is 39.3 Å². The van der Waals surface area contributed by atoms with Gasteiger partial charge in [-0.25, -0.2) is 0 Å². The molecular weight excluding hydrogens is 572 g/mol. The fourth-order valence-electron chi connectivity index (χ4n) is 4.80. The summed E-state index contributed by atoms with van der Waals surface area (Å²) in [5, 5.41) is 0. The first kappa shape index (κ1) is 43.8. The molecule has 0 spiro atoms. The molecule has 0 saturated carbocycles. The summed E-state index contributed by atoms with van der Waals surface area (Å²) in [6.45, 7) is 16.0. The molecule has 8 heteroatoms. The molecule has 0 aliphatic carbocycles. The lowest BCUT2D eigenvalue weighted by molar-refractivity contribution is -0.153. The summed E-state index contributed by atoms with van der Waals surface area (Å²) in [6.07, 6.45) is 19.5. The van der Waals surface area contributed by atoms with E-state index in [1.165, 1.54) is 77.0 Å². The highest BCUT2D eigenvalue weighted by atomic mass is 16.6. The third-order valence-corrected chi connectivity index (χ3v) is 7.74. The second-order valence-electron chi connectivity index (χ2n) is 13.0. The average Bonchev–Trinajstić information content (AvgIpc) is 3.02. The largest absolute Gasteiger partial charge is 0.463 e. The Morgan fingerprint density at radius 1 is 0.400 bits per heavy atom. The van der Waals surface area contributed by atoms with E-state index in [9.17, 15) is 9.59 Å². The fraction of sp³-hybridized carbons (Fsp3) is 0.946. The lowest BCUT2D eigenvalue weighted by Gasteiger charge is -2.22. The molecule has 0 bridgehead atoms. The van der Waals surface area contributed by atoms with Crippen molar-refractivity contribution in [2.45, 2.75) is 195 Å². The van der Waals surface area contributed by atoms with Gasteiger partial charge in [-0.3, -0.25) is 9.59 Å². The van der Waals surface area contributed by atoms with Gasteiger partial charge in [-0.15, -0.1) is 0 Å². The molecule has 5 atom stereocenters. The highest BCUT2D eigenvalue weighted by Crippen LogP contribution is 2.12. The monoisotopic (exact) mass is 645 g/mol. The van der Waals surface area contributed by atoms with Crippen molar-refractivity contribution in [2.24, 2.45) is 0 Å². The lowest BCUT2D eigenvalue weighted by atomic mass is 10.1. The van der Waals surface area contributed by atoms with Gasteiger partial charge in [0.1, 0.15) is 12.7 Å². The number of ether oxygens (including phenoxy) is 6. The van der Waals surface area contributed by atoms with Crippen LogP contribution in [0.5, 0.6) is 0 Å². The standard InChI is InChI=1S/C37H72O8/c1-8-10-12-14-16-18-20-22-24-36(38)44-29-34(6)42-27-32(4)40-26-31(3)41-28-33(5)43-30-35(7)45-37(39)25-23-21-19-17-15-13-11-9-2/h31-35H,8-30H2,1-7H3. The molecule has 0 fully saturated rings. The van der Waals surface area contributed by atoms with E-state index in [1.807, 2.05) is 34.6 Å². The van der Waals surface area contributed by atoms with Crippen LogP contribution in [0.3, 0.4) is 0 Å². The smallest absolute Gasteiger partial charge is 0.306 e. The van der Waals surface area contributed by atoms with Crippen LogP contribution in [-0.2, 0) is 38.0 Å². The van der Waals surface area contributed by atoms with Gasteiger partial charge in [0, 0.05) is 12.8 Å². The summed E-state index contributed by atoms with van der Waals surface area (Å²) >= 11 is 0. The second kappa shape index (κ2) is 31.4. The molecule has 0 aliphatic heterocycles. The fourth-order valence-corrected chi connectivity index (χ4v) is 4.80. The van der Waals surface area contributed by atoms with Crippen LogP contribution in [0.1, 0.15) is 164 Å². The van der Waals surface area contributed by atoms with Gasteiger partial charge in [-0.1, -0.05) is 104 Å². The van der Waals surface area contributed by atoms with Gasteiger partial charge in [0.2, 0.25) is 0 Å². The van der Waals surface area contributed by atoms with E-state index < -0.39 is 0 Å². The third kappa shape index (κ3) is 31.2. The quantitative estimate of drug-likeness (QED) is 0.0516. The maximum Gasteiger partial charge on any atom is 0.306 e. The molecule has 0 aromatic rings. The first-order valence-corrected chi connectivity index (χ1v) is 18.5. The first-order valence-electron chi connectivity index (χ1n) is 18.5. The zero-order valence-corrected chi connectivity index (χ0v) is 30.4. The van der Waals surface area contributed by atoms with Crippen molar-refractivity contribution >= 4 is 11.9 Å². The Morgan fingerprint density at radius 3 is 1.11 bits per heavy atom. The van der Waals surface area contributed by atoms with E-state index in [4.69, 9.17) is 28.4 Å². The normalized spacial score (nSPS) is 14.9. The number of hydrogen-bond acceptors (Lipinski definition) is 8. The minimum atomic E-state index is -0.281. The molecule has 8 nitrogen and oxygen atoms in total. The molecule has 0 N–H and O–H groups in total. The van der Waals surface area contributed by atoms with E-state index in [1.54, 1.807) is 0 Å². The number of rotatable bonds is 33. The predicted molar refractivity (Wildman–Crippen MR) is 183 cm³/mol. The molecule has 0 radical (unpaired) electrons. The molecule has 268 valence electrons. The number of hydrogen-bond donors (Lipinski definition) is 0. The Balaban J connectivity index is 3.78. The average molecular weight is 645 g/mol. The van der Waals surface area contributed by atoms with Crippen LogP contribution in [0.4, 0.5) is 0 Å². The molecule has 0 aromatic heterocycles. The molecule has 0 amide bonds. The van der Waals surface area contributed by atoms with Crippen molar-refractivity contribution in [3.8, 4) is 0 Å². The molecule has 0 heterocycles. The van der Waals surface area contributed by atoms with Crippen molar-refractivity contribution in [2.75, 3.05) is 33.0 Å². The van der Waals surface area contributed by atoms with E-state index >= 15 is 0 Å². The van der Waals surface area contributed by atoms with Crippen LogP contribution >= 0.6 is 0 Å². The molecular formula is C37H72O8. The van der Waals surface area contributed by atoms with Crippen molar-refractivity contribution < 1.29 is 38.0 Å². The zero-order valence-electron chi connectivity index (χ0n) is 30.4. The summed E-state index contributed by atoms with van der Waals surface area (Å²) in [5.74, 6) is -0.288. The Bertz CT molecular complexity index is 673. The Hall–Kier alpha value is -1.22. The summed E-state index contributed by atoms with van der Waals surface area (Å²) < 4.78 is 34.3. The summed E-state index contributed by atoms with van der Waals surface area (Å²) in [5.41, 5.74) is 0. The van der Waals surface area contributed by atoms with Crippen molar-refractivity contribution in [3.05, 3.63) is 0 Å². The molecule has 45 heavy (non-hydrogen) atoms. The Morgan fingerprint density at radius 2 is 0.711 bits per heavy atom. The van der Waals surface area contributed by atoms with Crippen molar-refractivity contribution in [1.82, 2.24) is 0 Å². The number of esters is 2. The minimum Gasteiger partial charge on any atom is -0.463 e. The maximum absolute atomic E-state index is 12.1. The third-order valence-electron chi connectivity index (χ3n) is 7.74. The van der Waals surface area contributed by atoms with E-state index in [-0.39, 0.29) is 49.1 Å². The lowest BCUT2D eigenvalue weighted by Crippen LogP contribution is -2.29. The van der Waals surface area contributed by atoms with Gasteiger partial charge in [0.05, 0.1) is 50.8 Å². The SMILES string of the molecule is CCCCCCCCCCC(=O)OCC(C)OCC(C)OCC(C)OCC(C)OCC(C)OC(=O)CCCCCCCCCC. The van der Waals surface area contributed by atoms with Gasteiger partial charge in [-0.2, -0.15) is 0 Å². The second-order valence-corrected chi connectivity index (χ2v) is 13.0. The Kier molecular flexibility index (Phi) is 30.5. The molecule has 0 aliphatic rings. The topological polar surface area (TPSA) is 89.5 Å². The molecule has 5 unspecified atom stereocenters. The van der Waals surface area contributed by atoms with Crippen LogP contribution < -0.4 is 0 Å². The summed E-state index contributed by atoms with van der Waals surface area (Å²) in [4.78, 5) is 24.1. The van der Waals surface area contributed by atoms with Gasteiger partial charge in [0.15, 0.2) is 0 Å². The van der Waals surface area contributed by atoms with Crippen molar-refractivity contribution in [1.29, 1.82) is 0 Å².